The Morgan fingerprint density at radius 3 is 2.54 bits per heavy atom. The molecule has 2 nitrogen and oxygen atoms in total. The highest BCUT2D eigenvalue weighted by atomic mass is 16.1. The highest BCUT2D eigenvalue weighted by Gasteiger charge is 2.30. The van der Waals surface area contributed by atoms with Crippen molar-refractivity contribution in [1.82, 2.24) is 4.90 Å². The first kappa shape index (κ1) is 10.7. The Hall–Kier alpha value is -0.370. The van der Waals surface area contributed by atoms with Gasteiger partial charge in [-0.05, 0) is 31.7 Å². The van der Waals surface area contributed by atoms with E-state index in [0.717, 1.165) is 19.5 Å². The maximum Gasteiger partial charge on any atom is 0.146 e. The number of ketones is 1. The lowest BCUT2D eigenvalue weighted by Crippen LogP contribution is -2.39. The van der Waals surface area contributed by atoms with Crippen molar-refractivity contribution in [2.45, 2.75) is 46.6 Å². The zero-order chi connectivity index (χ0) is 10.1. The molecule has 0 N–H and O–H groups in total. The fourth-order valence-corrected chi connectivity index (χ4v) is 2.09. The van der Waals surface area contributed by atoms with Crippen molar-refractivity contribution >= 4 is 5.78 Å². The second-order valence-electron chi connectivity index (χ2n) is 5.30. The van der Waals surface area contributed by atoms with Crippen LogP contribution >= 0.6 is 0 Å². The van der Waals surface area contributed by atoms with Gasteiger partial charge in [-0.2, -0.15) is 0 Å². The van der Waals surface area contributed by atoms with Gasteiger partial charge in [-0.15, -0.1) is 0 Å². The molecular formula is C11H21NO. The largest absolute Gasteiger partial charge is 0.298 e. The molecule has 0 aromatic heterocycles. The van der Waals surface area contributed by atoms with Crippen molar-refractivity contribution in [2.75, 3.05) is 13.1 Å². The van der Waals surface area contributed by atoms with Gasteiger partial charge < -0.3 is 0 Å². The number of carbonyl (C=O) groups is 1. The maximum absolute atomic E-state index is 11.3. The van der Waals surface area contributed by atoms with Crippen LogP contribution in [0.5, 0.6) is 0 Å². The molecule has 1 atom stereocenters. The summed E-state index contributed by atoms with van der Waals surface area (Å²) in [6.45, 7) is 10.5. The van der Waals surface area contributed by atoms with Crippen LogP contribution in [-0.4, -0.2) is 29.8 Å². The average Bonchev–Trinajstić information content (AvgIpc) is 2.31. The highest BCUT2D eigenvalue weighted by molar-refractivity contribution is 5.81. The van der Waals surface area contributed by atoms with E-state index in [0.29, 0.717) is 11.2 Å². The summed E-state index contributed by atoms with van der Waals surface area (Å²) in [6, 6.07) is 0.208. The zero-order valence-electron chi connectivity index (χ0n) is 9.26. The Labute approximate surface area is 81.3 Å². The summed E-state index contributed by atoms with van der Waals surface area (Å²) < 4.78 is 0. The number of likely N-dealkylation sites (tertiary alicyclic amines) is 1. The molecule has 0 radical (unpaired) electrons. The molecule has 0 bridgehead atoms. The van der Waals surface area contributed by atoms with Gasteiger partial charge in [0.05, 0.1) is 6.04 Å². The third kappa shape index (κ3) is 3.11. The normalized spacial score (nSPS) is 25.1. The second kappa shape index (κ2) is 3.79. The Morgan fingerprint density at radius 2 is 2.08 bits per heavy atom. The molecule has 0 unspecified atom stereocenters. The van der Waals surface area contributed by atoms with Gasteiger partial charge in [-0.25, -0.2) is 0 Å². The van der Waals surface area contributed by atoms with E-state index in [4.69, 9.17) is 0 Å². The summed E-state index contributed by atoms with van der Waals surface area (Å²) in [5.74, 6) is 0.335. The number of carbonyl (C=O) groups excluding carboxylic acids is 1. The fraction of sp³-hybridized carbons (Fsp3) is 0.909. The molecule has 76 valence electrons. The van der Waals surface area contributed by atoms with Crippen LogP contribution in [0.3, 0.4) is 0 Å². The van der Waals surface area contributed by atoms with E-state index in [1.807, 2.05) is 0 Å². The zero-order valence-corrected chi connectivity index (χ0v) is 9.26. The van der Waals surface area contributed by atoms with Gasteiger partial charge in [0.15, 0.2) is 0 Å². The molecule has 1 fully saturated rings. The van der Waals surface area contributed by atoms with Crippen LogP contribution in [-0.2, 0) is 4.79 Å². The number of hydrogen-bond acceptors (Lipinski definition) is 2. The van der Waals surface area contributed by atoms with Gasteiger partial charge in [0.25, 0.3) is 0 Å². The molecule has 1 heterocycles. The quantitative estimate of drug-likeness (QED) is 0.653. The van der Waals surface area contributed by atoms with Crippen molar-refractivity contribution in [3.8, 4) is 0 Å². The minimum absolute atomic E-state index is 0.208. The molecule has 0 aliphatic carbocycles. The van der Waals surface area contributed by atoms with E-state index in [1.54, 1.807) is 6.92 Å². The third-order valence-electron chi connectivity index (χ3n) is 2.51. The van der Waals surface area contributed by atoms with Crippen LogP contribution in [0, 0.1) is 5.41 Å². The monoisotopic (exact) mass is 183 g/mol. The molecule has 1 aliphatic heterocycles. The molecular weight excluding hydrogens is 162 g/mol. The van der Waals surface area contributed by atoms with E-state index in [2.05, 4.69) is 25.7 Å². The number of rotatable bonds is 2. The SMILES string of the molecule is CC(=O)[C@@H]1CCCN1CC(C)(C)C. The van der Waals surface area contributed by atoms with E-state index in [1.165, 1.54) is 6.42 Å². The Balaban J connectivity index is 2.54. The first-order chi connectivity index (χ1) is 5.90. The topological polar surface area (TPSA) is 20.3 Å². The Morgan fingerprint density at radius 1 is 1.46 bits per heavy atom. The predicted molar refractivity (Wildman–Crippen MR) is 54.7 cm³/mol. The Kier molecular flexibility index (Phi) is 3.12. The van der Waals surface area contributed by atoms with Gasteiger partial charge >= 0.3 is 0 Å². The lowest BCUT2D eigenvalue weighted by molar-refractivity contribution is -0.121. The number of nitrogens with zero attached hydrogens (tertiary/aromatic N) is 1. The van der Waals surface area contributed by atoms with E-state index in [9.17, 15) is 4.79 Å². The molecule has 13 heavy (non-hydrogen) atoms. The summed E-state index contributed by atoms with van der Waals surface area (Å²) in [5.41, 5.74) is 0.304. The van der Waals surface area contributed by atoms with Crippen LogP contribution in [0.4, 0.5) is 0 Å². The second-order valence-corrected chi connectivity index (χ2v) is 5.30. The molecule has 0 amide bonds. The van der Waals surface area contributed by atoms with Crippen LogP contribution in [0.15, 0.2) is 0 Å². The smallest absolute Gasteiger partial charge is 0.146 e. The molecule has 2 heteroatoms. The van der Waals surface area contributed by atoms with Crippen molar-refractivity contribution in [1.29, 1.82) is 0 Å². The lowest BCUT2D eigenvalue weighted by Gasteiger charge is -2.29. The third-order valence-corrected chi connectivity index (χ3v) is 2.51. The van der Waals surface area contributed by atoms with E-state index >= 15 is 0 Å². The molecule has 1 aliphatic rings. The van der Waals surface area contributed by atoms with Gasteiger partial charge in [0.1, 0.15) is 5.78 Å². The van der Waals surface area contributed by atoms with Crippen molar-refractivity contribution in [3.63, 3.8) is 0 Å². The predicted octanol–water partition coefficient (Wildman–Crippen LogP) is 2.09. The van der Waals surface area contributed by atoms with E-state index in [-0.39, 0.29) is 6.04 Å². The summed E-state index contributed by atoms with van der Waals surface area (Å²) in [6.07, 6.45) is 2.24. The lowest BCUT2D eigenvalue weighted by atomic mass is 9.95. The van der Waals surface area contributed by atoms with Gasteiger partial charge in [-0.1, -0.05) is 20.8 Å². The van der Waals surface area contributed by atoms with Crippen LogP contribution in [0.25, 0.3) is 0 Å². The molecule has 1 rings (SSSR count). The van der Waals surface area contributed by atoms with Gasteiger partial charge in [0, 0.05) is 6.54 Å². The van der Waals surface area contributed by atoms with Crippen molar-refractivity contribution in [2.24, 2.45) is 5.41 Å². The van der Waals surface area contributed by atoms with Crippen LogP contribution in [0.2, 0.25) is 0 Å². The van der Waals surface area contributed by atoms with Crippen molar-refractivity contribution < 1.29 is 4.79 Å². The van der Waals surface area contributed by atoms with Crippen molar-refractivity contribution in [3.05, 3.63) is 0 Å². The van der Waals surface area contributed by atoms with E-state index < -0.39 is 0 Å². The standard InChI is InChI=1S/C11H21NO/c1-9(13)10-6-5-7-12(10)8-11(2,3)4/h10H,5-8H2,1-4H3/t10-/m0/s1. The molecule has 0 aromatic rings. The first-order valence-electron chi connectivity index (χ1n) is 5.15. The van der Waals surface area contributed by atoms with Gasteiger partial charge in [0.2, 0.25) is 0 Å². The Bertz CT molecular complexity index is 193. The summed E-state index contributed by atoms with van der Waals surface area (Å²) in [7, 11) is 0. The highest BCUT2D eigenvalue weighted by Crippen LogP contribution is 2.23. The summed E-state index contributed by atoms with van der Waals surface area (Å²) >= 11 is 0. The molecule has 0 saturated carbocycles. The molecule has 0 spiro atoms. The molecule has 1 saturated heterocycles. The molecule has 0 aromatic carbocycles. The first-order valence-corrected chi connectivity index (χ1v) is 5.15. The minimum atomic E-state index is 0.208. The minimum Gasteiger partial charge on any atom is -0.298 e. The summed E-state index contributed by atoms with van der Waals surface area (Å²) in [5, 5.41) is 0. The fourth-order valence-electron chi connectivity index (χ4n) is 2.09. The van der Waals surface area contributed by atoms with Crippen LogP contribution in [0.1, 0.15) is 40.5 Å². The average molecular weight is 183 g/mol. The van der Waals surface area contributed by atoms with Crippen LogP contribution < -0.4 is 0 Å². The summed E-state index contributed by atoms with van der Waals surface area (Å²) in [4.78, 5) is 13.6. The van der Waals surface area contributed by atoms with Gasteiger partial charge in [-0.3, -0.25) is 9.69 Å². The number of hydrogen-bond donors (Lipinski definition) is 0. The maximum atomic E-state index is 11.3. The number of Topliss-reactive ketones (excluding diaryl/α,β-unsaturated/α-hetero) is 1.